The van der Waals surface area contributed by atoms with Gasteiger partial charge in [-0.3, -0.25) is 0 Å². The fourth-order valence-electron chi connectivity index (χ4n) is 8.62. The molecule has 2 aliphatic rings. The van der Waals surface area contributed by atoms with E-state index in [2.05, 4.69) is 187 Å². The van der Waals surface area contributed by atoms with Crippen LogP contribution in [0.3, 0.4) is 0 Å². The molecule has 0 bridgehead atoms. The number of rotatable bonds is 6. The molecule has 1 aliphatic carbocycles. The van der Waals surface area contributed by atoms with Crippen molar-refractivity contribution in [2.75, 3.05) is 4.90 Å². The fourth-order valence-corrected chi connectivity index (χ4v) is 8.62. The van der Waals surface area contributed by atoms with E-state index in [-0.39, 0.29) is 5.92 Å². The summed E-state index contributed by atoms with van der Waals surface area (Å²) in [6.07, 6.45) is 7.60. The first kappa shape index (κ1) is 32.2. The Morgan fingerprint density at radius 3 is 1.79 bits per heavy atom. The zero-order valence-corrected chi connectivity index (χ0v) is 30.5. The minimum atomic E-state index is 0.131. The van der Waals surface area contributed by atoms with Crippen LogP contribution in [0.15, 0.2) is 204 Å². The lowest BCUT2D eigenvalue weighted by Crippen LogP contribution is -2.14. The lowest BCUT2D eigenvalue weighted by Gasteiger charge is -2.24. The van der Waals surface area contributed by atoms with Crippen molar-refractivity contribution in [3.63, 3.8) is 0 Å². The lowest BCUT2D eigenvalue weighted by molar-refractivity contribution is 0.669. The Kier molecular flexibility index (Phi) is 7.59. The molecular weight excluding hydrogens is 683 g/mol. The van der Waals surface area contributed by atoms with E-state index in [1.165, 1.54) is 22.4 Å². The fraction of sp³-hybridized carbons (Fsp3) is 0.0385. The summed E-state index contributed by atoms with van der Waals surface area (Å²) in [5.41, 5.74) is 15.9. The predicted octanol–water partition coefficient (Wildman–Crippen LogP) is 13.8. The number of nitrogens with zero attached hydrogens (tertiary/aromatic N) is 3. The second-order valence-electron chi connectivity index (χ2n) is 14.5. The molecule has 0 N–H and O–H groups in total. The third-order valence-electron chi connectivity index (χ3n) is 11.2. The van der Waals surface area contributed by atoms with Crippen molar-refractivity contribution in [2.45, 2.75) is 12.3 Å². The third kappa shape index (κ3) is 5.30. The summed E-state index contributed by atoms with van der Waals surface area (Å²) in [7, 11) is 0. The molecule has 9 aromatic rings. The van der Waals surface area contributed by atoms with Crippen molar-refractivity contribution >= 4 is 33.3 Å². The topological polar surface area (TPSA) is 42.2 Å². The Bertz CT molecular complexity index is 2940. The summed E-state index contributed by atoms with van der Waals surface area (Å²) < 4.78 is 7.05. The SMILES string of the molecule is C1=CCC2C(=C1)N(c1cccc3c1oc1c(-c4cccc(-c5ccccc5)c4)cccc13)c1cccc(-c3nc(-c4ccccc4)cc(-c4ccccc4)n3)c12. The summed E-state index contributed by atoms with van der Waals surface area (Å²) in [5.74, 6) is 0.855. The van der Waals surface area contributed by atoms with Crippen LogP contribution in [0.1, 0.15) is 17.9 Å². The van der Waals surface area contributed by atoms with E-state index in [0.717, 1.165) is 84.8 Å². The largest absolute Gasteiger partial charge is 0.453 e. The molecule has 56 heavy (non-hydrogen) atoms. The maximum absolute atomic E-state index is 7.05. The van der Waals surface area contributed by atoms with Gasteiger partial charge in [0.1, 0.15) is 5.58 Å². The third-order valence-corrected chi connectivity index (χ3v) is 11.2. The van der Waals surface area contributed by atoms with Gasteiger partial charge in [0.15, 0.2) is 11.4 Å². The smallest absolute Gasteiger partial charge is 0.160 e. The van der Waals surface area contributed by atoms with Gasteiger partial charge in [-0.1, -0.05) is 164 Å². The quantitative estimate of drug-likeness (QED) is 0.172. The molecule has 3 heterocycles. The molecule has 0 fully saturated rings. The number of anilines is 2. The second kappa shape index (κ2) is 13.2. The number of aromatic nitrogens is 2. The highest BCUT2D eigenvalue weighted by atomic mass is 16.3. The highest BCUT2D eigenvalue weighted by molar-refractivity contribution is 6.13. The molecule has 264 valence electrons. The average molecular weight is 718 g/mol. The number of para-hydroxylation sites is 2. The van der Waals surface area contributed by atoms with E-state index in [4.69, 9.17) is 14.4 Å². The van der Waals surface area contributed by atoms with Gasteiger partial charge in [0, 0.05) is 44.6 Å². The number of hydrogen-bond acceptors (Lipinski definition) is 4. The number of benzene rings is 7. The maximum atomic E-state index is 7.05. The Balaban J connectivity index is 1.09. The van der Waals surface area contributed by atoms with Crippen LogP contribution in [0.4, 0.5) is 11.4 Å². The molecular formula is C52H35N3O. The van der Waals surface area contributed by atoms with E-state index in [9.17, 15) is 0 Å². The van der Waals surface area contributed by atoms with E-state index >= 15 is 0 Å². The highest BCUT2D eigenvalue weighted by Gasteiger charge is 2.38. The zero-order chi connectivity index (χ0) is 37.0. The average Bonchev–Trinajstić information content (AvgIpc) is 3.83. The van der Waals surface area contributed by atoms with Crippen LogP contribution >= 0.6 is 0 Å². The molecule has 1 aliphatic heterocycles. The van der Waals surface area contributed by atoms with Gasteiger partial charge in [-0.2, -0.15) is 0 Å². The first-order valence-corrected chi connectivity index (χ1v) is 19.2. The number of hydrogen-bond donors (Lipinski definition) is 0. The Hall–Kier alpha value is -7.30. The Morgan fingerprint density at radius 2 is 1.05 bits per heavy atom. The normalized spacial score (nSPS) is 14.5. The van der Waals surface area contributed by atoms with Crippen molar-refractivity contribution in [1.82, 2.24) is 9.97 Å². The minimum Gasteiger partial charge on any atom is -0.453 e. The molecule has 0 spiro atoms. The van der Waals surface area contributed by atoms with E-state index in [0.29, 0.717) is 0 Å². The van der Waals surface area contributed by atoms with Crippen LogP contribution in [-0.2, 0) is 0 Å². The van der Waals surface area contributed by atoms with Crippen molar-refractivity contribution < 1.29 is 4.42 Å². The molecule has 0 amide bonds. The number of fused-ring (bicyclic) bond motifs is 6. The summed E-state index contributed by atoms with van der Waals surface area (Å²) >= 11 is 0. The summed E-state index contributed by atoms with van der Waals surface area (Å²) in [4.78, 5) is 12.9. The molecule has 2 aromatic heterocycles. The molecule has 1 unspecified atom stereocenters. The van der Waals surface area contributed by atoms with Crippen LogP contribution in [0.25, 0.3) is 78.1 Å². The molecule has 1 atom stereocenters. The van der Waals surface area contributed by atoms with Gasteiger partial charge in [-0.25, -0.2) is 9.97 Å². The van der Waals surface area contributed by atoms with E-state index in [1.807, 2.05) is 12.1 Å². The van der Waals surface area contributed by atoms with Gasteiger partial charge in [0.2, 0.25) is 0 Å². The lowest BCUT2D eigenvalue weighted by atomic mass is 9.88. The highest BCUT2D eigenvalue weighted by Crippen LogP contribution is 2.55. The van der Waals surface area contributed by atoms with Gasteiger partial charge in [0.25, 0.3) is 0 Å². The molecule has 4 nitrogen and oxygen atoms in total. The number of allylic oxidation sites excluding steroid dienone is 4. The molecule has 4 heteroatoms. The van der Waals surface area contributed by atoms with Gasteiger partial charge in [0.05, 0.1) is 22.8 Å². The van der Waals surface area contributed by atoms with Crippen LogP contribution < -0.4 is 4.90 Å². The first-order chi connectivity index (χ1) is 27.8. The zero-order valence-electron chi connectivity index (χ0n) is 30.5. The predicted molar refractivity (Wildman–Crippen MR) is 230 cm³/mol. The Labute approximate surface area is 325 Å². The van der Waals surface area contributed by atoms with Crippen LogP contribution in [0, 0.1) is 0 Å². The second-order valence-corrected chi connectivity index (χ2v) is 14.5. The standard InChI is InChI=1S/C52H35N3O/c1-4-16-34(17-5-1)37-22-12-23-38(32-37)39-25-13-26-40-41-27-14-31-48(51(41)56-50(39)40)55-46-29-11-10-24-42(46)49-43(28-15-30-47(49)55)52-53-44(35-18-6-2-7-19-35)33-45(54-52)36-20-8-3-9-21-36/h1-23,25-33,42H,24H2. The maximum Gasteiger partial charge on any atom is 0.160 e. The van der Waals surface area contributed by atoms with E-state index in [1.54, 1.807) is 0 Å². The molecule has 0 saturated heterocycles. The van der Waals surface area contributed by atoms with Crippen molar-refractivity contribution in [3.05, 3.63) is 205 Å². The summed E-state index contributed by atoms with van der Waals surface area (Å²) in [5, 5.41) is 2.20. The van der Waals surface area contributed by atoms with Crippen LogP contribution in [-0.4, -0.2) is 9.97 Å². The van der Waals surface area contributed by atoms with Crippen molar-refractivity contribution in [3.8, 4) is 56.2 Å². The van der Waals surface area contributed by atoms with Gasteiger partial charge in [-0.05, 0) is 59.0 Å². The molecule has 7 aromatic carbocycles. The van der Waals surface area contributed by atoms with Crippen molar-refractivity contribution in [1.29, 1.82) is 0 Å². The molecule has 0 saturated carbocycles. The minimum absolute atomic E-state index is 0.131. The summed E-state index contributed by atoms with van der Waals surface area (Å²) in [6.45, 7) is 0. The number of furan rings is 1. The van der Waals surface area contributed by atoms with Crippen molar-refractivity contribution in [2.24, 2.45) is 0 Å². The van der Waals surface area contributed by atoms with Crippen LogP contribution in [0.2, 0.25) is 0 Å². The molecule has 11 rings (SSSR count). The van der Waals surface area contributed by atoms with Gasteiger partial charge >= 0.3 is 0 Å². The van der Waals surface area contributed by atoms with Gasteiger partial charge < -0.3 is 9.32 Å². The van der Waals surface area contributed by atoms with Crippen LogP contribution in [0.5, 0.6) is 0 Å². The Morgan fingerprint density at radius 1 is 0.482 bits per heavy atom. The van der Waals surface area contributed by atoms with Gasteiger partial charge in [-0.15, -0.1) is 0 Å². The van der Waals surface area contributed by atoms with E-state index < -0.39 is 0 Å². The summed E-state index contributed by atoms with van der Waals surface area (Å²) in [6, 6.07) is 61.8. The molecule has 0 radical (unpaired) electrons. The monoisotopic (exact) mass is 717 g/mol. The first-order valence-electron chi connectivity index (χ1n) is 19.2.